The van der Waals surface area contributed by atoms with Crippen LogP contribution < -0.4 is 20.9 Å². The van der Waals surface area contributed by atoms with Crippen molar-refractivity contribution in [2.24, 2.45) is 0 Å². The quantitative estimate of drug-likeness (QED) is 0.307. The Kier molecular flexibility index (Phi) is 4.24. The Labute approximate surface area is 209 Å². The summed E-state index contributed by atoms with van der Waals surface area (Å²) >= 11 is 0. The maximum absolute atomic E-state index is 7.05. The van der Waals surface area contributed by atoms with Crippen LogP contribution in [0.3, 0.4) is 0 Å². The van der Waals surface area contributed by atoms with Crippen molar-refractivity contribution in [1.82, 2.24) is 0 Å². The molecule has 0 aliphatic heterocycles. The summed E-state index contributed by atoms with van der Waals surface area (Å²) < 4.78 is 14.1. The van der Waals surface area contributed by atoms with Crippen LogP contribution in [0.4, 0.5) is 11.4 Å². The average molecular weight is 469 g/mol. The van der Waals surface area contributed by atoms with Gasteiger partial charge in [0.15, 0.2) is 11.2 Å². The predicted molar refractivity (Wildman–Crippen MR) is 142 cm³/mol. The van der Waals surface area contributed by atoms with Gasteiger partial charge in [-0.2, -0.15) is 0 Å². The second-order valence-corrected chi connectivity index (χ2v) is 9.34. The Morgan fingerprint density at radius 2 is 0.611 bits per heavy atom. The molecule has 0 heterocycles. The summed E-state index contributed by atoms with van der Waals surface area (Å²) in [5.41, 5.74) is 18.1. The molecule has 0 aromatic heterocycles. The number of hydrogen-bond acceptors (Lipinski definition) is 4. The van der Waals surface area contributed by atoms with Crippen LogP contribution in [0.2, 0.25) is 0 Å². The maximum atomic E-state index is 7.05. The maximum Gasteiger partial charge on any atom is 0.185 e. The highest BCUT2D eigenvalue weighted by Gasteiger charge is 2.62. The van der Waals surface area contributed by atoms with Gasteiger partial charge in [0.05, 0.1) is 0 Å². The molecule has 0 saturated carbocycles. The van der Waals surface area contributed by atoms with Crippen molar-refractivity contribution in [3.05, 3.63) is 155 Å². The number of benzene rings is 5. The van der Waals surface area contributed by atoms with Crippen LogP contribution in [0.5, 0.6) is 11.5 Å². The summed E-state index contributed by atoms with van der Waals surface area (Å²) in [6, 6.07) is 40.5. The van der Waals surface area contributed by atoms with Crippen LogP contribution >= 0.6 is 0 Å². The fourth-order valence-electron chi connectivity index (χ4n) is 5.92. The molecule has 0 atom stereocenters. The van der Waals surface area contributed by atoms with Gasteiger partial charge >= 0.3 is 0 Å². The van der Waals surface area contributed by atoms with E-state index in [4.69, 9.17) is 20.9 Å². The van der Waals surface area contributed by atoms with Gasteiger partial charge < -0.3 is 20.9 Å². The number of ether oxygens (including phenoxy) is 2. The molecule has 4 heteroatoms. The number of anilines is 2. The molecule has 3 aliphatic carbocycles. The van der Waals surface area contributed by atoms with Crippen LogP contribution in [0.25, 0.3) is 0 Å². The Hall–Kier alpha value is -4.70. The van der Waals surface area contributed by atoms with E-state index in [2.05, 4.69) is 72.8 Å². The summed E-state index contributed by atoms with van der Waals surface area (Å²) in [5, 5.41) is 0. The third-order valence-corrected chi connectivity index (χ3v) is 7.36. The van der Waals surface area contributed by atoms with Crippen LogP contribution in [-0.2, 0) is 11.2 Å². The zero-order chi connectivity index (χ0) is 24.3. The zero-order valence-electron chi connectivity index (χ0n) is 19.5. The summed E-state index contributed by atoms with van der Waals surface area (Å²) in [6.07, 6.45) is 0. The van der Waals surface area contributed by atoms with Crippen LogP contribution in [0, 0.1) is 0 Å². The largest absolute Gasteiger partial charge is 0.473 e. The molecular formula is C32H24N2O2. The summed E-state index contributed by atoms with van der Waals surface area (Å²) in [7, 11) is 0. The molecule has 8 rings (SSSR count). The van der Waals surface area contributed by atoms with Crippen molar-refractivity contribution >= 4 is 11.4 Å². The lowest BCUT2D eigenvalue weighted by atomic mass is 9.56. The first kappa shape index (κ1) is 20.7. The number of hydrogen-bond donors (Lipinski definition) is 2. The Morgan fingerprint density at radius 3 is 0.861 bits per heavy atom. The van der Waals surface area contributed by atoms with Gasteiger partial charge in [-0.3, -0.25) is 0 Å². The van der Waals surface area contributed by atoms with Crippen molar-refractivity contribution in [2.45, 2.75) is 11.2 Å². The smallest absolute Gasteiger partial charge is 0.185 e. The lowest BCUT2D eigenvalue weighted by Gasteiger charge is -2.55. The topological polar surface area (TPSA) is 70.5 Å². The van der Waals surface area contributed by atoms with Gasteiger partial charge in [-0.15, -0.1) is 0 Å². The third kappa shape index (κ3) is 2.64. The monoisotopic (exact) mass is 468 g/mol. The van der Waals surface area contributed by atoms with E-state index in [1.165, 1.54) is 0 Å². The molecule has 0 saturated heterocycles. The van der Waals surface area contributed by atoms with Crippen molar-refractivity contribution in [3.63, 3.8) is 0 Å². The molecule has 4 nitrogen and oxygen atoms in total. The van der Waals surface area contributed by atoms with Crippen molar-refractivity contribution in [3.8, 4) is 11.5 Å². The number of nitrogens with two attached hydrogens (primary N) is 2. The fraction of sp³-hybridized carbons (Fsp3) is 0.0625. The van der Waals surface area contributed by atoms with Crippen LogP contribution in [0.1, 0.15) is 33.4 Å². The molecule has 0 amide bonds. The van der Waals surface area contributed by atoms with E-state index in [1.54, 1.807) is 0 Å². The first-order valence-electron chi connectivity index (χ1n) is 12.0. The van der Waals surface area contributed by atoms with E-state index in [-0.39, 0.29) is 0 Å². The molecule has 5 aromatic rings. The highest BCUT2D eigenvalue weighted by molar-refractivity contribution is 5.73. The minimum atomic E-state index is -0.841. The Bertz CT molecular complexity index is 1370. The second-order valence-electron chi connectivity index (χ2n) is 9.34. The predicted octanol–water partition coefficient (Wildman–Crippen LogP) is 6.22. The highest BCUT2D eigenvalue weighted by atomic mass is 16.5. The molecule has 4 N–H and O–H groups in total. The minimum absolute atomic E-state index is 0.698. The SMILES string of the molecule is Nc1ccc(OC23c4ccccc4C(Oc4ccc(N)cc4)(c4ccccc42)c2ccccc23)cc1. The second kappa shape index (κ2) is 7.40. The molecule has 0 spiro atoms. The van der Waals surface area contributed by atoms with Gasteiger partial charge in [0.25, 0.3) is 0 Å². The fourth-order valence-corrected chi connectivity index (χ4v) is 5.92. The summed E-state index contributed by atoms with van der Waals surface area (Å²) in [5.74, 6) is 1.50. The van der Waals surface area contributed by atoms with E-state index in [0.29, 0.717) is 11.4 Å². The molecule has 0 unspecified atom stereocenters. The van der Waals surface area contributed by atoms with E-state index in [9.17, 15) is 0 Å². The molecule has 0 fully saturated rings. The third-order valence-electron chi connectivity index (χ3n) is 7.36. The van der Waals surface area contributed by atoms with Gasteiger partial charge in [-0.25, -0.2) is 0 Å². The van der Waals surface area contributed by atoms with Gasteiger partial charge in [0.1, 0.15) is 11.5 Å². The van der Waals surface area contributed by atoms with Gasteiger partial charge in [0.2, 0.25) is 0 Å². The van der Waals surface area contributed by atoms with E-state index in [0.717, 1.165) is 44.9 Å². The molecule has 36 heavy (non-hydrogen) atoms. The lowest BCUT2D eigenvalue weighted by Crippen LogP contribution is -2.55. The van der Waals surface area contributed by atoms with Crippen molar-refractivity contribution in [2.75, 3.05) is 11.5 Å². The highest BCUT2D eigenvalue weighted by Crippen LogP contribution is 2.62. The first-order valence-corrected chi connectivity index (χ1v) is 12.0. The van der Waals surface area contributed by atoms with Gasteiger partial charge in [-0.05, 0) is 48.5 Å². The Morgan fingerprint density at radius 1 is 0.361 bits per heavy atom. The van der Waals surface area contributed by atoms with Crippen LogP contribution in [0.15, 0.2) is 121 Å². The van der Waals surface area contributed by atoms with Crippen molar-refractivity contribution < 1.29 is 9.47 Å². The average Bonchev–Trinajstić information content (AvgIpc) is 2.93. The summed E-state index contributed by atoms with van der Waals surface area (Å²) in [6.45, 7) is 0. The molecule has 3 aliphatic rings. The molecular weight excluding hydrogens is 444 g/mol. The summed E-state index contributed by atoms with van der Waals surface area (Å²) in [4.78, 5) is 0. The van der Waals surface area contributed by atoms with Gasteiger partial charge in [0, 0.05) is 44.8 Å². The number of nitrogen functional groups attached to an aromatic ring is 2. The first-order chi connectivity index (χ1) is 17.6. The zero-order valence-corrected chi connectivity index (χ0v) is 19.5. The van der Waals surface area contributed by atoms with E-state index < -0.39 is 11.2 Å². The standard InChI is InChI=1S/C32H24N2O2/c33-21-13-17-23(18-14-21)35-31-25-7-1-2-8-26(25)32(29-11-5-3-9-27(29)31,30-12-6-4-10-28(30)31)36-24-19-15-22(34)16-20-24/h1-20H,33-34H2. The van der Waals surface area contributed by atoms with Gasteiger partial charge in [-0.1, -0.05) is 72.8 Å². The lowest BCUT2D eigenvalue weighted by molar-refractivity contribution is 0.0793. The van der Waals surface area contributed by atoms with E-state index >= 15 is 0 Å². The molecule has 0 radical (unpaired) electrons. The minimum Gasteiger partial charge on any atom is -0.473 e. The van der Waals surface area contributed by atoms with Crippen LogP contribution in [-0.4, -0.2) is 0 Å². The molecule has 5 aromatic carbocycles. The Balaban J connectivity index is 1.57. The molecule has 174 valence electrons. The van der Waals surface area contributed by atoms with Crippen molar-refractivity contribution in [1.29, 1.82) is 0 Å². The van der Waals surface area contributed by atoms with E-state index in [1.807, 2.05) is 48.5 Å². The normalized spacial score (nSPS) is 20.7. The molecule has 2 bridgehead atoms. The number of rotatable bonds is 4.